The van der Waals surface area contributed by atoms with Crippen LogP contribution in [0.1, 0.15) is 23.2 Å². The zero-order chi connectivity index (χ0) is 12.1. The van der Waals surface area contributed by atoms with Crippen LogP contribution in [0.15, 0.2) is 24.3 Å². The molecule has 4 heteroatoms. The molecule has 1 unspecified atom stereocenters. The van der Waals surface area contributed by atoms with E-state index in [1.807, 2.05) is 12.1 Å². The summed E-state index contributed by atoms with van der Waals surface area (Å²) in [6, 6.07) is 7.12. The van der Waals surface area contributed by atoms with Gasteiger partial charge in [-0.25, -0.2) is 0 Å². The topological polar surface area (TPSA) is 41.1 Å². The molecule has 0 spiro atoms. The quantitative estimate of drug-likeness (QED) is 0.861. The van der Waals surface area contributed by atoms with Gasteiger partial charge in [0.05, 0.1) is 10.6 Å². The van der Waals surface area contributed by atoms with Crippen molar-refractivity contribution in [1.82, 2.24) is 10.6 Å². The van der Waals surface area contributed by atoms with Crippen LogP contribution in [-0.2, 0) is 0 Å². The summed E-state index contributed by atoms with van der Waals surface area (Å²) in [7, 11) is 0. The molecular formula is C13H17ClN2O. The van der Waals surface area contributed by atoms with Crippen molar-refractivity contribution >= 4 is 17.5 Å². The molecule has 1 saturated heterocycles. The molecule has 1 amide bonds. The maximum absolute atomic E-state index is 11.8. The number of hydrogen-bond donors (Lipinski definition) is 2. The van der Waals surface area contributed by atoms with E-state index in [0.29, 0.717) is 16.5 Å². The molecule has 92 valence electrons. The summed E-state index contributed by atoms with van der Waals surface area (Å²) in [6.45, 7) is 2.89. The summed E-state index contributed by atoms with van der Waals surface area (Å²) < 4.78 is 0. The van der Waals surface area contributed by atoms with Crippen LogP contribution >= 0.6 is 11.6 Å². The van der Waals surface area contributed by atoms with E-state index in [1.165, 1.54) is 6.42 Å². The molecule has 1 heterocycles. The third-order valence-corrected chi connectivity index (χ3v) is 3.45. The van der Waals surface area contributed by atoms with Gasteiger partial charge in [-0.3, -0.25) is 4.79 Å². The van der Waals surface area contributed by atoms with Gasteiger partial charge < -0.3 is 10.6 Å². The van der Waals surface area contributed by atoms with E-state index >= 15 is 0 Å². The Morgan fingerprint density at radius 3 is 3.00 bits per heavy atom. The maximum Gasteiger partial charge on any atom is 0.252 e. The molecule has 0 saturated carbocycles. The lowest BCUT2D eigenvalue weighted by Crippen LogP contribution is -2.26. The fourth-order valence-electron chi connectivity index (χ4n) is 2.09. The van der Waals surface area contributed by atoms with Gasteiger partial charge in [0.15, 0.2) is 0 Å². The van der Waals surface area contributed by atoms with Crippen molar-refractivity contribution in [2.75, 3.05) is 19.6 Å². The highest BCUT2D eigenvalue weighted by Gasteiger charge is 2.15. The molecule has 0 aromatic heterocycles. The minimum atomic E-state index is -0.0819. The minimum Gasteiger partial charge on any atom is -0.352 e. The molecule has 0 aliphatic carbocycles. The molecular weight excluding hydrogens is 236 g/mol. The van der Waals surface area contributed by atoms with Gasteiger partial charge in [-0.15, -0.1) is 0 Å². The zero-order valence-corrected chi connectivity index (χ0v) is 10.5. The molecule has 1 fully saturated rings. The Morgan fingerprint density at radius 2 is 2.29 bits per heavy atom. The van der Waals surface area contributed by atoms with Gasteiger partial charge in [0.25, 0.3) is 5.91 Å². The molecule has 17 heavy (non-hydrogen) atoms. The lowest BCUT2D eigenvalue weighted by molar-refractivity contribution is 0.0952. The highest BCUT2D eigenvalue weighted by Crippen LogP contribution is 2.15. The minimum absolute atomic E-state index is 0.0819. The molecule has 1 aromatic rings. The third-order valence-electron chi connectivity index (χ3n) is 3.12. The Labute approximate surface area is 107 Å². The van der Waals surface area contributed by atoms with Crippen molar-refractivity contribution in [3.05, 3.63) is 34.9 Å². The Morgan fingerprint density at radius 1 is 1.47 bits per heavy atom. The van der Waals surface area contributed by atoms with Crippen LogP contribution in [0.4, 0.5) is 0 Å². The van der Waals surface area contributed by atoms with Crippen molar-refractivity contribution in [3.63, 3.8) is 0 Å². The first-order valence-electron chi connectivity index (χ1n) is 6.01. The van der Waals surface area contributed by atoms with Crippen LogP contribution in [-0.4, -0.2) is 25.5 Å². The molecule has 2 N–H and O–H groups in total. The first-order chi connectivity index (χ1) is 8.27. The van der Waals surface area contributed by atoms with Gasteiger partial charge in [0, 0.05) is 6.54 Å². The number of nitrogens with one attached hydrogen (secondary N) is 2. The summed E-state index contributed by atoms with van der Waals surface area (Å²) in [5, 5.41) is 6.74. The smallest absolute Gasteiger partial charge is 0.252 e. The Hall–Kier alpha value is -1.06. The highest BCUT2D eigenvalue weighted by molar-refractivity contribution is 6.33. The fourth-order valence-corrected chi connectivity index (χ4v) is 2.31. The summed E-state index contributed by atoms with van der Waals surface area (Å²) in [4.78, 5) is 11.8. The van der Waals surface area contributed by atoms with Crippen LogP contribution in [0.5, 0.6) is 0 Å². The number of carbonyl (C=O) groups is 1. The molecule has 3 nitrogen and oxygen atoms in total. The van der Waals surface area contributed by atoms with E-state index < -0.39 is 0 Å². The van der Waals surface area contributed by atoms with E-state index in [4.69, 9.17) is 11.6 Å². The van der Waals surface area contributed by atoms with Gasteiger partial charge in [-0.2, -0.15) is 0 Å². The molecule has 1 aliphatic rings. The number of carbonyl (C=O) groups excluding carboxylic acids is 1. The SMILES string of the molecule is O=C(NCCC1CCNC1)c1ccccc1Cl. The van der Waals surface area contributed by atoms with Crippen LogP contribution in [0.2, 0.25) is 5.02 Å². The standard InChI is InChI=1S/C13H17ClN2O/c14-12-4-2-1-3-11(12)13(17)16-8-6-10-5-7-15-9-10/h1-4,10,15H,5-9H2,(H,16,17). The lowest BCUT2D eigenvalue weighted by Gasteiger charge is -2.10. The van der Waals surface area contributed by atoms with Crippen LogP contribution in [0.25, 0.3) is 0 Å². The first kappa shape index (κ1) is 12.4. The summed E-state index contributed by atoms with van der Waals surface area (Å²) >= 11 is 5.95. The molecule has 1 aromatic carbocycles. The average molecular weight is 253 g/mol. The molecule has 1 atom stereocenters. The summed E-state index contributed by atoms with van der Waals surface area (Å²) in [5.74, 6) is 0.614. The molecule has 0 radical (unpaired) electrons. The number of halogens is 1. The molecule has 1 aliphatic heterocycles. The largest absolute Gasteiger partial charge is 0.352 e. The first-order valence-corrected chi connectivity index (χ1v) is 6.38. The van der Waals surface area contributed by atoms with Gasteiger partial charge >= 0.3 is 0 Å². The number of hydrogen-bond acceptors (Lipinski definition) is 2. The van der Waals surface area contributed by atoms with Crippen molar-refractivity contribution < 1.29 is 4.79 Å². The van der Waals surface area contributed by atoms with Crippen LogP contribution < -0.4 is 10.6 Å². The summed E-state index contributed by atoms with van der Waals surface area (Å²) in [6.07, 6.45) is 2.24. The van der Waals surface area contributed by atoms with Gasteiger partial charge in [-0.1, -0.05) is 23.7 Å². The maximum atomic E-state index is 11.8. The number of rotatable bonds is 4. The van der Waals surface area contributed by atoms with Gasteiger partial charge in [0.2, 0.25) is 0 Å². The predicted molar refractivity (Wildman–Crippen MR) is 69.4 cm³/mol. The monoisotopic (exact) mass is 252 g/mol. The Balaban J connectivity index is 1.79. The second-order valence-electron chi connectivity index (χ2n) is 4.38. The van der Waals surface area contributed by atoms with E-state index in [0.717, 1.165) is 26.1 Å². The fraction of sp³-hybridized carbons (Fsp3) is 0.462. The van der Waals surface area contributed by atoms with Crippen molar-refractivity contribution in [3.8, 4) is 0 Å². The molecule has 0 bridgehead atoms. The van der Waals surface area contributed by atoms with Crippen molar-refractivity contribution in [2.45, 2.75) is 12.8 Å². The third kappa shape index (κ3) is 3.45. The molecule has 2 rings (SSSR count). The van der Waals surface area contributed by atoms with Gasteiger partial charge in [0.1, 0.15) is 0 Å². The average Bonchev–Trinajstić information content (AvgIpc) is 2.82. The number of amides is 1. The van der Waals surface area contributed by atoms with E-state index in [1.54, 1.807) is 12.1 Å². The van der Waals surface area contributed by atoms with E-state index in [9.17, 15) is 4.79 Å². The highest BCUT2D eigenvalue weighted by atomic mass is 35.5. The Bertz CT molecular complexity index is 389. The van der Waals surface area contributed by atoms with Crippen molar-refractivity contribution in [1.29, 1.82) is 0 Å². The zero-order valence-electron chi connectivity index (χ0n) is 9.71. The number of benzene rings is 1. The second kappa shape index (κ2) is 6.03. The van der Waals surface area contributed by atoms with E-state index in [-0.39, 0.29) is 5.91 Å². The predicted octanol–water partition coefficient (Wildman–Crippen LogP) is 2.07. The van der Waals surface area contributed by atoms with Crippen LogP contribution in [0, 0.1) is 5.92 Å². The lowest BCUT2D eigenvalue weighted by atomic mass is 10.1. The summed E-state index contributed by atoms with van der Waals surface area (Å²) in [5.41, 5.74) is 0.554. The second-order valence-corrected chi connectivity index (χ2v) is 4.79. The van der Waals surface area contributed by atoms with Gasteiger partial charge in [-0.05, 0) is 44.0 Å². The van der Waals surface area contributed by atoms with Crippen LogP contribution in [0.3, 0.4) is 0 Å². The van der Waals surface area contributed by atoms with Crippen molar-refractivity contribution in [2.24, 2.45) is 5.92 Å². The van der Waals surface area contributed by atoms with E-state index in [2.05, 4.69) is 10.6 Å². The normalized spacial score (nSPS) is 19.2. The Kier molecular flexibility index (Phi) is 4.40.